The van der Waals surface area contributed by atoms with E-state index in [1.165, 1.54) is 201 Å². The topological polar surface area (TPSA) is 25.3 Å². The van der Waals surface area contributed by atoms with Crippen LogP contribution in [0.1, 0.15) is 269 Å². The van der Waals surface area contributed by atoms with Gasteiger partial charge in [0.15, 0.2) is 0 Å². The maximum absolute atomic E-state index is 11.2. The molecule has 350 valence electrons. The molecule has 0 fully saturated rings. The summed E-state index contributed by atoms with van der Waals surface area (Å²) >= 11 is 0. The van der Waals surface area contributed by atoms with Crippen LogP contribution >= 0.6 is 0 Å². The molecule has 1 aliphatic rings. The minimum absolute atomic E-state index is 0. The maximum atomic E-state index is 11.2. The monoisotopic (exact) mass is 881 g/mol. The van der Waals surface area contributed by atoms with Gasteiger partial charge < -0.3 is 19.4 Å². The normalized spacial score (nSPS) is 12.1. The Kier molecular flexibility index (Phi) is 41.9. The van der Waals surface area contributed by atoms with Gasteiger partial charge in [-0.25, -0.2) is 4.70 Å². The Morgan fingerprint density at radius 1 is 0.377 bits per heavy atom. The van der Waals surface area contributed by atoms with Gasteiger partial charge in [-0.3, -0.25) is 0 Å². The van der Waals surface area contributed by atoms with Crippen LogP contribution in [0.25, 0.3) is 16.9 Å². The van der Waals surface area contributed by atoms with E-state index in [0.717, 1.165) is 67.5 Å². The Labute approximate surface area is 391 Å². The van der Waals surface area contributed by atoms with E-state index in [4.69, 9.17) is 0 Å². The van der Waals surface area contributed by atoms with E-state index < -0.39 is 0 Å². The fourth-order valence-corrected chi connectivity index (χ4v) is 8.11. The smallest absolute Gasteiger partial charge is 0.493 e. The van der Waals surface area contributed by atoms with Crippen molar-refractivity contribution in [3.8, 4) is 0 Å². The van der Waals surface area contributed by atoms with Gasteiger partial charge in [0, 0.05) is 22.8 Å². The second-order valence-electron chi connectivity index (χ2n) is 17.9. The first-order valence-electron chi connectivity index (χ1n) is 26.2. The van der Waals surface area contributed by atoms with Crippen molar-refractivity contribution in [1.82, 2.24) is 0 Å². The number of allylic oxidation sites excluding steroid dienone is 2. The van der Waals surface area contributed by atoms with Gasteiger partial charge in [-0.1, -0.05) is 232 Å². The first-order chi connectivity index (χ1) is 29.5. The molecule has 0 bridgehead atoms. The van der Waals surface area contributed by atoms with Gasteiger partial charge in [-0.05, 0) is 73.9 Å². The van der Waals surface area contributed by atoms with Crippen LogP contribution < -0.4 is 0 Å². The molecule has 2 aromatic rings. The third kappa shape index (κ3) is 29.9. The average molecular weight is 882 g/mol. The largest absolute Gasteiger partial charge is 2.00 e. The maximum Gasteiger partial charge on any atom is 2.00 e. The van der Waals surface area contributed by atoms with Crippen molar-refractivity contribution in [3.63, 3.8) is 0 Å². The summed E-state index contributed by atoms with van der Waals surface area (Å²) in [5, 5.41) is 0. The molecule has 2 aromatic carbocycles. The number of aryl methyl sites for hydroxylation is 2. The standard InChI is InChI=1S/C30H40N2.2C14H29.Ni/c1-4-7-10-11-13-25-17-21-27(22-18-25)30-28(14-9-6-3)23-29(32(30)31)26-19-15-24(16-20-26)12-8-5-2;2*1-3-5-7-9-11-13-14-12-10-8-6-4-2;/h15-23H,4-14H2,1-3H3;2*1,3-14H2,2H3;/q;2*-1;+2. The first kappa shape index (κ1) is 59.0. The molecule has 0 aliphatic carbocycles. The number of benzene rings is 2. The van der Waals surface area contributed by atoms with Crippen molar-refractivity contribution in [2.24, 2.45) is 0 Å². The Morgan fingerprint density at radius 3 is 1.07 bits per heavy atom. The predicted molar refractivity (Wildman–Crippen MR) is 270 cm³/mol. The van der Waals surface area contributed by atoms with Crippen molar-refractivity contribution in [1.29, 1.82) is 0 Å². The molecule has 0 saturated heterocycles. The quantitative estimate of drug-likeness (QED) is 0.0285. The second kappa shape index (κ2) is 43.3. The number of unbranched alkanes of at least 4 members (excludes halogenated alkanes) is 27. The molecule has 0 radical (unpaired) electrons. The van der Waals surface area contributed by atoms with Crippen LogP contribution in [-0.4, -0.2) is 4.70 Å². The Hall–Kier alpha value is -1.99. The van der Waals surface area contributed by atoms with Gasteiger partial charge in [0.25, 0.3) is 0 Å². The summed E-state index contributed by atoms with van der Waals surface area (Å²) in [6.07, 6.45) is 49.0. The van der Waals surface area contributed by atoms with Crippen LogP contribution in [0.4, 0.5) is 0 Å². The molecule has 1 heterocycles. The van der Waals surface area contributed by atoms with Gasteiger partial charge in [-0.2, -0.15) is 12.8 Å². The van der Waals surface area contributed by atoms with Crippen molar-refractivity contribution in [2.45, 2.75) is 259 Å². The molecule has 0 atom stereocenters. The predicted octanol–water partition coefficient (Wildman–Crippen LogP) is 20.2. The first-order valence-corrected chi connectivity index (χ1v) is 26.2. The SMILES string of the molecule is CCCCCCc1ccc(C2=C(CCCC)C=C(c3ccc(CCCC)cc3)[N+]2=[N-])cc1.[CH2-]CCCCCCCCCCCCC.[CH2-]CCCCCCCCCCCCC.[Ni+2]. The zero-order chi connectivity index (χ0) is 43.7. The zero-order valence-electron chi connectivity index (χ0n) is 41.1. The van der Waals surface area contributed by atoms with E-state index in [2.05, 4.69) is 103 Å². The van der Waals surface area contributed by atoms with Gasteiger partial charge >= 0.3 is 16.5 Å². The summed E-state index contributed by atoms with van der Waals surface area (Å²) in [7, 11) is 0. The van der Waals surface area contributed by atoms with Crippen LogP contribution in [0.5, 0.6) is 0 Å². The Morgan fingerprint density at radius 2 is 0.689 bits per heavy atom. The van der Waals surface area contributed by atoms with Crippen LogP contribution in [0.2, 0.25) is 0 Å². The van der Waals surface area contributed by atoms with Gasteiger partial charge in [0.05, 0.1) is 0 Å². The average Bonchev–Trinajstić information content (AvgIpc) is 3.61. The van der Waals surface area contributed by atoms with Crippen molar-refractivity contribution >= 4 is 11.4 Å². The number of hydrogen-bond acceptors (Lipinski definition) is 0. The van der Waals surface area contributed by atoms with Gasteiger partial charge in [0.1, 0.15) is 0 Å². The number of rotatable bonds is 35. The van der Waals surface area contributed by atoms with Crippen LogP contribution in [0.15, 0.2) is 60.2 Å². The zero-order valence-corrected chi connectivity index (χ0v) is 42.1. The second-order valence-corrected chi connectivity index (χ2v) is 17.9. The minimum atomic E-state index is 0. The van der Waals surface area contributed by atoms with E-state index in [1.807, 2.05) is 0 Å². The van der Waals surface area contributed by atoms with Gasteiger partial charge in [0.2, 0.25) is 11.4 Å². The van der Waals surface area contributed by atoms with Crippen molar-refractivity contribution in [3.05, 3.63) is 102 Å². The molecule has 0 unspecified atom stereocenters. The van der Waals surface area contributed by atoms with Crippen LogP contribution in [0, 0.1) is 13.8 Å². The molecule has 0 N–H and O–H groups in total. The summed E-state index contributed by atoms with van der Waals surface area (Å²) in [4.78, 5) is 0. The molecular formula is C58H98N2Ni. The molecule has 0 saturated carbocycles. The van der Waals surface area contributed by atoms with Crippen molar-refractivity contribution in [2.75, 3.05) is 0 Å². The molecule has 0 spiro atoms. The van der Waals surface area contributed by atoms with Crippen LogP contribution in [-0.2, 0) is 29.3 Å². The summed E-state index contributed by atoms with van der Waals surface area (Å²) in [5.74, 6) is 0. The summed E-state index contributed by atoms with van der Waals surface area (Å²) < 4.78 is 1.42. The minimum Gasteiger partial charge on any atom is -0.493 e. The molecule has 3 rings (SSSR count). The fraction of sp³-hybridized carbons (Fsp3) is 0.690. The molecule has 1 aliphatic heterocycles. The summed E-state index contributed by atoms with van der Waals surface area (Å²) in [5.41, 5.74) is 19.2. The van der Waals surface area contributed by atoms with E-state index in [-0.39, 0.29) is 16.5 Å². The van der Waals surface area contributed by atoms with Crippen LogP contribution in [0.3, 0.4) is 0 Å². The Balaban J connectivity index is 0.00000104. The molecule has 61 heavy (non-hydrogen) atoms. The molecule has 3 heteroatoms. The molecule has 2 nitrogen and oxygen atoms in total. The van der Waals surface area contributed by atoms with E-state index >= 15 is 0 Å². The van der Waals surface area contributed by atoms with Crippen molar-refractivity contribution < 1.29 is 21.2 Å². The molecule has 0 amide bonds. The van der Waals surface area contributed by atoms with Gasteiger partial charge in [-0.15, -0.1) is 0 Å². The molecular weight excluding hydrogens is 783 g/mol. The van der Waals surface area contributed by atoms with E-state index in [0.29, 0.717) is 0 Å². The number of hydrogen-bond donors (Lipinski definition) is 0. The number of nitrogens with zero attached hydrogens (tertiary/aromatic N) is 2. The fourth-order valence-electron chi connectivity index (χ4n) is 8.11. The third-order valence-electron chi connectivity index (χ3n) is 12.2. The van der Waals surface area contributed by atoms with E-state index in [9.17, 15) is 5.53 Å². The Bertz CT molecular complexity index is 1270. The summed E-state index contributed by atoms with van der Waals surface area (Å²) in [6.45, 7) is 19.0. The van der Waals surface area contributed by atoms with E-state index in [1.54, 1.807) is 0 Å². The molecule has 0 aromatic heterocycles. The third-order valence-corrected chi connectivity index (χ3v) is 12.2. The summed E-state index contributed by atoms with van der Waals surface area (Å²) in [6, 6.07) is 17.6.